The third kappa shape index (κ3) is 6.09. The molecule has 0 N–H and O–H groups in total. The van der Waals surface area contributed by atoms with Crippen molar-refractivity contribution in [2.45, 2.75) is 88.8 Å². The van der Waals surface area contributed by atoms with Crippen LogP contribution in [0.2, 0.25) is 18.1 Å². The van der Waals surface area contributed by atoms with Gasteiger partial charge < -0.3 is 0 Å². The van der Waals surface area contributed by atoms with E-state index in [-0.39, 0.29) is 17.0 Å². The van der Waals surface area contributed by atoms with E-state index in [4.69, 9.17) is 0 Å². The van der Waals surface area contributed by atoms with Crippen molar-refractivity contribution in [3.8, 4) is 11.1 Å². The van der Waals surface area contributed by atoms with Crippen molar-refractivity contribution in [3.05, 3.63) is 59.2 Å². The molecule has 1 saturated carbocycles. The van der Waals surface area contributed by atoms with Gasteiger partial charge in [0, 0.05) is 8.80 Å². The average molecular weight is 477 g/mol. The summed E-state index contributed by atoms with van der Waals surface area (Å²) in [6.45, 7) is 2.32. The highest BCUT2D eigenvalue weighted by atomic mass is 28.3. The fourth-order valence-electron chi connectivity index (χ4n) is 6.23. The Morgan fingerprint density at radius 3 is 1.91 bits per heavy atom. The van der Waals surface area contributed by atoms with E-state index in [0.717, 1.165) is 49.7 Å². The third-order valence-electron chi connectivity index (χ3n) is 8.24. The Labute approximate surface area is 197 Å². The van der Waals surface area contributed by atoms with E-state index < -0.39 is 32.1 Å². The van der Waals surface area contributed by atoms with Gasteiger partial charge in [0.2, 0.25) is 0 Å². The van der Waals surface area contributed by atoms with Crippen molar-refractivity contribution in [1.29, 1.82) is 0 Å². The van der Waals surface area contributed by atoms with Gasteiger partial charge in [-0.3, -0.25) is 0 Å². The SMILES string of the molecule is CCC[Si@H]1CC[C@H](CCC2CCC(c3cc(F)c(-c4ccc(F)c(F)c4)c(F)c3)CC2)CC1. The van der Waals surface area contributed by atoms with Gasteiger partial charge in [-0.15, -0.1) is 0 Å². The van der Waals surface area contributed by atoms with Crippen LogP contribution in [0.25, 0.3) is 11.1 Å². The molecule has 4 rings (SSSR count). The Hall–Kier alpha value is -1.62. The first-order valence-corrected chi connectivity index (χ1v) is 15.3. The summed E-state index contributed by atoms with van der Waals surface area (Å²) in [5, 5.41) is 0. The largest absolute Gasteiger partial charge is 0.206 e. The molecular formula is C28H36F4Si. The van der Waals surface area contributed by atoms with Gasteiger partial charge in [-0.05, 0) is 78.8 Å². The Balaban J connectivity index is 1.30. The summed E-state index contributed by atoms with van der Waals surface area (Å²) >= 11 is 0. The van der Waals surface area contributed by atoms with Crippen molar-refractivity contribution in [2.24, 2.45) is 11.8 Å². The highest BCUT2D eigenvalue weighted by Gasteiger charge is 2.27. The standard InChI is InChI=1S/C28H36F4Si/c1-2-13-33-14-11-20(12-15-33)4-3-19-5-7-21(8-6-19)23-17-26(31)28(27(32)18-23)22-9-10-24(29)25(30)16-22/h9-10,16-21,33H,2-8,11-15H2,1H3/t19?,20-,21?,33-. The minimum atomic E-state index is -1.11. The van der Waals surface area contributed by atoms with Crippen LogP contribution in [0.4, 0.5) is 17.6 Å². The maximum atomic E-state index is 14.8. The molecule has 0 nitrogen and oxygen atoms in total. The van der Waals surface area contributed by atoms with Gasteiger partial charge in [-0.25, -0.2) is 17.6 Å². The molecule has 2 aromatic carbocycles. The minimum Gasteiger partial charge on any atom is -0.206 e. The second-order valence-electron chi connectivity index (χ2n) is 10.5. The molecule has 180 valence electrons. The van der Waals surface area contributed by atoms with E-state index in [9.17, 15) is 17.6 Å². The van der Waals surface area contributed by atoms with Gasteiger partial charge in [0.05, 0.1) is 5.56 Å². The second-order valence-corrected chi connectivity index (χ2v) is 13.9. The smallest absolute Gasteiger partial charge is 0.159 e. The van der Waals surface area contributed by atoms with Gasteiger partial charge in [-0.1, -0.05) is 63.2 Å². The number of hydrogen-bond acceptors (Lipinski definition) is 0. The van der Waals surface area contributed by atoms with Gasteiger partial charge in [0.15, 0.2) is 11.6 Å². The Bertz CT molecular complexity index is 904. The van der Waals surface area contributed by atoms with E-state index in [1.807, 2.05) is 0 Å². The molecule has 1 heterocycles. The second kappa shape index (κ2) is 11.2. The molecule has 0 radical (unpaired) electrons. The van der Waals surface area contributed by atoms with E-state index >= 15 is 0 Å². The highest BCUT2D eigenvalue weighted by molar-refractivity contribution is 6.58. The summed E-state index contributed by atoms with van der Waals surface area (Å²) in [6, 6.07) is 10.4. The molecule has 33 heavy (non-hydrogen) atoms. The van der Waals surface area contributed by atoms with Gasteiger partial charge in [0.1, 0.15) is 11.6 Å². The topological polar surface area (TPSA) is 0 Å². The van der Waals surface area contributed by atoms with E-state index in [0.29, 0.717) is 5.56 Å². The van der Waals surface area contributed by atoms with Crippen LogP contribution in [0.15, 0.2) is 30.3 Å². The molecule has 0 unspecified atom stereocenters. The molecule has 0 bridgehead atoms. The summed E-state index contributed by atoms with van der Waals surface area (Å²) in [5.41, 5.74) is 0.419. The maximum absolute atomic E-state index is 14.8. The normalized spacial score (nSPS) is 25.8. The minimum absolute atomic E-state index is 0.0190. The predicted molar refractivity (Wildman–Crippen MR) is 130 cm³/mol. The zero-order valence-electron chi connectivity index (χ0n) is 19.7. The molecule has 2 fully saturated rings. The quantitative estimate of drug-likeness (QED) is 0.276. The molecule has 0 amide bonds. The first kappa shape index (κ1) is 24.5. The zero-order chi connectivity index (χ0) is 23.4. The first-order chi connectivity index (χ1) is 15.9. The fourth-order valence-corrected chi connectivity index (χ4v) is 9.80. The molecule has 0 atom stereocenters. The van der Waals surface area contributed by atoms with E-state index in [2.05, 4.69) is 6.92 Å². The molecular weight excluding hydrogens is 440 g/mol. The Morgan fingerprint density at radius 1 is 0.727 bits per heavy atom. The summed E-state index contributed by atoms with van der Waals surface area (Å²) in [6.07, 6.45) is 11.1. The van der Waals surface area contributed by atoms with Crippen molar-refractivity contribution >= 4 is 8.80 Å². The van der Waals surface area contributed by atoms with E-state index in [1.54, 1.807) is 12.1 Å². The van der Waals surface area contributed by atoms with Crippen molar-refractivity contribution in [1.82, 2.24) is 0 Å². The van der Waals surface area contributed by atoms with Crippen LogP contribution in [0.1, 0.15) is 76.2 Å². The van der Waals surface area contributed by atoms with Gasteiger partial charge in [0.25, 0.3) is 0 Å². The molecule has 1 aliphatic heterocycles. The Kier molecular flexibility index (Phi) is 8.32. The van der Waals surface area contributed by atoms with Crippen LogP contribution in [0, 0.1) is 35.1 Å². The summed E-state index contributed by atoms with van der Waals surface area (Å²) < 4.78 is 56.4. The molecule has 5 heteroatoms. The number of rotatable bonds is 7. The van der Waals surface area contributed by atoms with Crippen molar-refractivity contribution in [3.63, 3.8) is 0 Å². The summed E-state index contributed by atoms with van der Waals surface area (Å²) in [5.74, 6) is -1.72. The third-order valence-corrected chi connectivity index (χ3v) is 11.9. The average Bonchev–Trinajstić information content (AvgIpc) is 2.81. The molecule has 2 aromatic rings. The van der Waals surface area contributed by atoms with E-state index in [1.165, 1.54) is 56.3 Å². The van der Waals surface area contributed by atoms with Crippen LogP contribution in [-0.2, 0) is 0 Å². The van der Waals surface area contributed by atoms with Crippen molar-refractivity contribution < 1.29 is 17.6 Å². The lowest BCUT2D eigenvalue weighted by molar-refractivity contribution is 0.279. The lowest BCUT2D eigenvalue weighted by Gasteiger charge is -2.32. The monoisotopic (exact) mass is 476 g/mol. The Morgan fingerprint density at radius 2 is 1.33 bits per heavy atom. The predicted octanol–water partition coefficient (Wildman–Crippen LogP) is 9.01. The number of benzene rings is 2. The molecule has 0 aromatic heterocycles. The highest BCUT2D eigenvalue weighted by Crippen LogP contribution is 2.41. The maximum Gasteiger partial charge on any atom is 0.159 e. The number of hydrogen-bond donors (Lipinski definition) is 0. The summed E-state index contributed by atoms with van der Waals surface area (Å²) in [7, 11) is -0.401. The fraction of sp³-hybridized carbons (Fsp3) is 0.571. The van der Waals surface area contributed by atoms with Crippen LogP contribution in [0.3, 0.4) is 0 Å². The van der Waals surface area contributed by atoms with Gasteiger partial charge >= 0.3 is 0 Å². The number of halogens is 4. The molecule has 1 saturated heterocycles. The van der Waals surface area contributed by atoms with Crippen LogP contribution in [0.5, 0.6) is 0 Å². The van der Waals surface area contributed by atoms with Crippen LogP contribution in [-0.4, -0.2) is 8.80 Å². The molecule has 0 spiro atoms. The first-order valence-electron chi connectivity index (χ1n) is 12.9. The van der Waals surface area contributed by atoms with Gasteiger partial charge in [-0.2, -0.15) is 0 Å². The van der Waals surface area contributed by atoms with Crippen LogP contribution >= 0.6 is 0 Å². The molecule has 2 aliphatic rings. The molecule has 1 aliphatic carbocycles. The van der Waals surface area contributed by atoms with Crippen molar-refractivity contribution in [2.75, 3.05) is 0 Å². The lowest BCUT2D eigenvalue weighted by Crippen LogP contribution is -2.22. The summed E-state index contributed by atoms with van der Waals surface area (Å²) in [4.78, 5) is 0. The lowest BCUT2D eigenvalue weighted by atomic mass is 9.76. The van der Waals surface area contributed by atoms with Crippen LogP contribution < -0.4 is 0 Å². The zero-order valence-corrected chi connectivity index (χ0v) is 20.8.